The highest BCUT2D eigenvalue weighted by Gasteiger charge is 2.16. The molecule has 0 bridgehead atoms. The van der Waals surface area contributed by atoms with Crippen molar-refractivity contribution in [3.8, 4) is 0 Å². The maximum absolute atomic E-state index is 6.28. The fourth-order valence-corrected chi connectivity index (χ4v) is 3.44. The highest BCUT2D eigenvalue weighted by Crippen LogP contribution is 2.27. The Labute approximate surface area is 128 Å². The van der Waals surface area contributed by atoms with Crippen LogP contribution in [0.3, 0.4) is 0 Å². The SMILES string of the molecule is CC(C)CC(Cl)CNCc1ccn(C2CCCCC2)n1. The first-order chi connectivity index (χ1) is 9.65. The lowest BCUT2D eigenvalue weighted by molar-refractivity contribution is 0.327. The zero-order valence-corrected chi connectivity index (χ0v) is 13.6. The summed E-state index contributed by atoms with van der Waals surface area (Å²) in [6.45, 7) is 6.10. The zero-order chi connectivity index (χ0) is 14.4. The second-order valence-corrected chi connectivity index (χ2v) is 7.05. The Kier molecular flexibility index (Phi) is 6.37. The van der Waals surface area contributed by atoms with Crippen LogP contribution in [0.25, 0.3) is 0 Å². The molecule has 1 aromatic rings. The number of alkyl halides is 1. The van der Waals surface area contributed by atoms with E-state index in [4.69, 9.17) is 16.7 Å². The molecule has 1 unspecified atom stereocenters. The summed E-state index contributed by atoms with van der Waals surface area (Å²) in [6, 6.07) is 2.76. The van der Waals surface area contributed by atoms with Crippen molar-refractivity contribution in [3.63, 3.8) is 0 Å². The number of hydrogen-bond donors (Lipinski definition) is 1. The molecule has 20 heavy (non-hydrogen) atoms. The Hall–Kier alpha value is -0.540. The van der Waals surface area contributed by atoms with Gasteiger partial charge in [-0.25, -0.2) is 0 Å². The van der Waals surface area contributed by atoms with Crippen molar-refractivity contribution >= 4 is 11.6 Å². The number of nitrogens with zero attached hydrogens (tertiary/aromatic N) is 2. The summed E-state index contributed by atoms with van der Waals surface area (Å²) in [5.41, 5.74) is 1.13. The average Bonchev–Trinajstić information content (AvgIpc) is 2.88. The minimum absolute atomic E-state index is 0.218. The molecular formula is C16H28ClN3. The Balaban J connectivity index is 1.72. The second kappa shape index (κ2) is 8.04. The molecule has 0 spiro atoms. The van der Waals surface area contributed by atoms with E-state index >= 15 is 0 Å². The lowest BCUT2D eigenvalue weighted by atomic mass is 9.96. The van der Waals surface area contributed by atoms with E-state index in [0.29, 0.717) is 12.0 Å². The van der Waals surface area contributed by atoms with E-state index in [1.165, 1.54) is 32.1 Å². The summed E-state index contributed by atoms with van der Waals surface area (Å²) in [4.78, 5) is 0. The molecule has 0 amide bonds. The minimum Gasteiger partial charge on any atom is -0.310 e. The Morgan fingerprint density at radius 2 is 2.10 bits per heavy atom. The molecule has 114 valence electrons. The zero-order valence-electron chi connectivity index (χ0n) is 12.8. The maximum Gasteiger partial charge on any atom is 0.0762 e. The number of aromatic nitrogens is 2. The molecule has 0 radical (unpaired) electrons. The topological polar surface area (TPSA) is 29.9 Å². The van der Waals surface area contributed by atoms with Gasteiger partial charge in [-0.3, -0.25) is 4.68 Å². The Bertz CT molecular complexity index is 383. The van der Waals surface area contributed by atoms with Crippen LogP contribution in [0.2, 0.25) is 0 Å². The van der Waals surface area contributed by atoms with E-state index < -0.39 is 0 Å². The molecule has 0 saturated heterocycles. The molecule has 1 aliphatic rings. The largest absolute Gasteiger partial charge is 0.310 e. The Morgan fingerprint density at radius 1 is 1.35 bits per heavy atom. The first-order valence-corrected chi connectivity index (χ1v) is 8.47. The van der Waals surface area contributed by atoms with Gasteiger partial charge >= 0.3 is 0 Å². The molecule has 1 aromatic heterocycles. The normalized spacial score (nSPS) is 18.6. The van der Waals surface area contributed by atoms with E-state index in [1.54, 1.807) is 0 Å². The third kappa shape index (κ3) is 5.10. The molecule has 1 N–H and O–H groups in total. The Morgan fingerprint density at radius 3 is 2.80 bits per heavy atom. The van der Waals surface area contributed by atoms with Gasteiger partial charge < -0.3 is 5.32 Å². The van der Waals surface area contributed by atoms with Gasteiger partial charge in [0.1, 0.15) is 0 Å². The summed E-state index contributed by atoms with van der Waals surface area (Å²) in [5, 5.41) is 8.34. The van der Waals surface area contributed by atoms with Crippen LogP contribution in [0, 0.1) is 5.92 Å². The number of rotatable bonds is 7. The molecule has 1 aliphatic carbocycles. The highest BCUT2D eigenvalue weighted by molar-refractivity contribution is 6.20. The van der Waals surface area contributed by atoms with Gasteiger partial charge in [0.05, 0.1) is 11.7 Å². The monoisotopic (exact) mass is 297 g/mol. The van der Waals surface area contributed by atoms with Gasteiger partial charge in [0.2, 0.25) is 0 Å². The first-order valence-electron chi connectivity index (χ1n) is 8.04. The van der Waals surface area contributed by atoms with Crippen LogP contribution in [-0.2, 0) is 6.54 Å². The summed E-state index contributed by atoms with van der Waals surface area (Å²) in [6.07, 6.45) is 9.85. The first kappa shape index (κ1) is 15.8. The van der Waals surface area contributed by atoms with Crippen molar-refractivity contribution in [2.24, 2.45) is 5.92 Å². The predicted octanol–water partition coefficient (Wildman–Crippen LogP) is 4.13. The quantitative estimate of drug-likeness (QED) is 0.767. The van der Waals surface area contributed by atoms with Gasteiger partial charge in [-0.15, -0.1) is 11.6 Å². The molecule has 1 heterocycles. The number of hydrogen-bond acceptors (Lipinski definition) is 2. The molecule has 1 saturated carbocycles. The number of nitrogens with one attached hydrogen (secondary N) is 1. The van der Waals surface area contributed by atoms with Crippen LogP contribution in [0.4, 0.5) is 0 Å². The van der Waals surface area contributed by atoms with Gasteiger partial charge in [-0.2, -0.15) is 5.10 Å². The number of halogens is 1. The van der Waals surface area contributed by atoms with E-state index in [-0.39, 0.29) is 5.38 Å². The summed E-state index contributed by atoms with van der Waals surface area (Å²) >= 11 is 6.28. The highest BCUT2D eigenvalue weighted by atomic mass is 35.5. The molecule has 0 aliphatic heterocycles. The van der Waals surface area contributed by atoms with Crippen LogP contribution in [0.5, 0.6) is 0 Å². The maximum atomic E-state index is 6.28. The fourth-order valence-electron chi connectivity index (χ4n) is 2.97. The van der Waals surface area contributed by atoms with Crippen molar-refractivity contribution in [2.75, 3.05) is 6.54 Å². The predicted molar refractivity (Wildman–Crippen MR) is 85.2 cm³/mol. The van der Waals surface area contributed by atoms with Gasteiger partial charge in [-0.05, 0) is 31.2 Å². The summed E-state index contributed by atoms with van der Waals surface area (Å²) < 4.78 is 2.17. The van der Waals surface area contributed by atoms with Crippen LogP contribution in [0.1, 0.15) is 64.1 Å². The minimum atomic E-state index is 0.218. The molecular weight excluding hydrogens is 270 g/mol. The van der Waals surface area contributed by atoms with Gasteiger partial charge in [0.15, 0.2) is 0 Å². The van der Waals surface area contributed by atoms with E-state index in [2.05, 4.69) is 36.1 Å². The smallest absolute Gasteiger partial charge is 0.0762 e. The van der Waals surface area contributed by atoms with Crippen molar-refractivity contribution in [1.82, 2.24) is 15.1 Å². The fraction of sp³-hybridized carbons (Fsp3) is 0.812. The lowest BCUT2D eigenvalue weighted by Crippen LogP contribution is -2.24. The van der Waals surface area contributed by atoms with E-state index in [0.717, 1.165) is 25.2 Å². The van der Waals surface area contributed by atoms with Crippen molar-refractivity contribution in [3.05, 3.63) is 18.0 Å². The lowest BCUT2D eigenvalue weighted by Gasteiger charge is -2.21. The summed E-state index contributed by atoms with van der Waals surface area (Å²) in [5.74, 6) is 0.657. The van der Waals surface area contributed by atoms with Crippen LogP contribution in [0.15, 0.2) is 12.3 Å². The summed E-state index contributed by atoms with van der Waals surface area (Å²) in [7, 11) is 0. The average molecular weight is 298 g/mol. The molecule has 0 aromatic carbocycles. The van der Waals surface area contributed by atoms with Crippen LogP contribution >= 0.6 is 11.6 Å². The van der Waals surface area contributed by atoms with Crippen molar-refractivity contribution in [2.45, 2.75) is 70.3 Å². The van der Waals surface area contributed by atoms with E-state index in [9.17, 15) is 0 Å². The second-order valence-electron chi connectivity index (χ2n) is 6.44. The van der Waals surface area contributed by atoms with E-state index in [1.807, 2.05) is 0 Å². The molecule has 1 fully saturated rings. The molecule has 2 rings (SSSR count). The van der Waals surface area contributed by atoms with Gasteiger partial charge in [0.25, 0.3) is 0 Å². The van der Waals surface area contributed by atoms with Gasteiger partial charge in [-0.1, -0.05) is 33.1 Å². The molecule has 3 nitrogen and oxygen atoms in total. The molecule has 4 heteroatoms. The van der Waals surface area contributed by atoms with Crippen molar-refractivity contribution < 1.29 is 0 Å². The van der Waals surface area contributed by atoms with Crippen LogP contribution in [-0.4, -0.2) is 21.7 Å². The van der Waals surface area contributed by atoms with Gasteiger partial charge in [0, 0.05) is 24.7 Å². The van der Waals surface area contributed by atoms with Crippen LogP contribution < -0.4 is 5.32 Å². The third-order valence-electron chi connectivity index (χ3n) is 4.01. The standard InChI is InChI=1S/C16H28ClN3/c1-13(2)10-14(17)11-18-12-15-8-9-20(19-15)16-6-4-3-5-7-16/h8-9,13-14,16,18H,3-7,10-12H2,1-2H3. The van der Waals surface area contributed by atoms with Crippen molar-refractivity contribution in [1.29, 1.82) is 0 Å². The third-order valence-corrected chi connectivity index (χ3v) is 4.34. The molecule has 1 atom stereocenters.